The van der Waals surface area contributed by atoms with Crippen LogP contribution in [0.3, 0.4) is 0 Å². The molecule has 0 aliphatic rings. The Morgan fingerprint density at radius 2 is 1.88 bits per heavy atom. The third kappa shape index (κ3) is 3.90. The molecular weight excluding hydrogens is 347 g/mol. The van der Waals surface area contributed by atoms with Crippen molar-refractivity contribution in [2.75, 3.05) is 0 Å². The van der Waals surface area contributed by atoms with Crippen molar-refractivity contribution in [3.63, 3.8) is 0 Å². The summed E-state index contributed by atoms with van der Waals surface area (Å²) >= 11 is 0. The van der Waals surface area contributed by atoms with E-state index in [9.17, 15) is 22.8 Å². The molecular formula is C18H14F3N3O2. The summed E-state index contributed by atoms with van der Waals surface area (Å²) in [5, 5.41) is 6.94. The van der Waals surface area contributed by atoms with Gasteiger partial charge in [-0.25, -0.2) is 0 Å². The second-order valence-electron chi connectivity index (χ2n) is 5.66. The Kier molecular flexibility index (Phi) is 4.75. The van der Waals surface area contributed by atoms with E-state index in [4.69, 9.17) is 0 Å². The fraction of sp³-hybridized carbons (Fsp3) is 0.167. The normalized spacial score (nSPS) is 11.5. The molecule has 0 spiro atoms. The van der Waals surface area contributed by atoms with Crippen LogP contribution in [0.25, 0.3) is 10.9 Å². The van der Waals surface area contributed by atoms with Crippen LogP contribution < -0.4 is 10.7 Å². The van der Waals surface area contributed by atoms with Gasteiger partial charge in [-0.05, 0) is 29.8 Å². The van der Waals surface area contributed by atoms with E-state index in [1.807, 2.05) is 0 Å². The number of hydrogen-bond acceptors (Lipinski definition) is 3. The number of carbonyl (C=O) groups is 1. The lowest BCUT2D eigenvalue weighted by atomic mass is 10.1. The van der Waals surface area contributed by atoms with E-state index in [2.05, 4.69) is 10.4 Å². The Morgan fingerprint density at radius 3 is 2.65 bits per heavy atom. The number of para-hydroxylation sites is 1. The Bertz CT molecular complexity index is 1010. The van der Waals surface area contributed by atoms with Gasteiger partial charge < -0.3 is 5.32 Å². The van der Waals surface area contributed by atoms with Gasteiger partial charge in [-0.15, -0.1) is 0 Å². The first kappa shape index (κ1) is 17.7. The number of rotatable bonds is 4. The first-order chi connectivity index (χ1) is 12.3. The van der Waals surface area contributed by atoms with Crippen LogP contribution in [0, 0.1) is 0 Å². The second kappa shape index (κ2) is 6.99. The van der Waals surface area contributed by atoms with E-state index in [1.54, 1.807) is 24.3 Å². The molecule has 1 heterocycles. The summed E-state index contributed by atoms with van der Waals surface area (Å²) in [7, 11) is 0. The Labute approximate surface area is 146 Å². The van der Waals surface area contributed by atoms with Gasteiger partial charge in [-0.1, -0.05) is 24.3 Å². The number of alkyl halides is 3. The summed E-state index contributed by atoms with van der Waals surface area (Å²) in [5.74, 6) is -0.427. The smallest absolute Gasteiger partial charge is 0.350 e. The third-order valence-electron chi connectivity index (χ3n) is 3.80. The molecule has 0 saturated carbocycles. The monoisotopic (exact) mass is 361 g/mol. The quantitative estimate of drug-likeness (QED) is 0.777. The van der Waals surface area contributed by atoms with Crippen molar-refractivity contribution in [2.24, 2.45) is 0 Å². The average molecular weight is 361 g/mol. The minimum Gasteiger partial charge on any atom is -0.350 e. The highest BCUT2D eigenvalue weighted by Gasteiger charge is 2.30. The van der Waals surface area contributed by atoms with Crippen LogP contribution in [-0.4, -0.2) is 15.7 Å². The molecule has 1 N–H and O–H groups in total. The van der Waals surface area contributed by atoms with Crippen LogP contribution in [-0.2, 0) is 24.1 Å². The van der Waals surface area contributed by atoms with Crippen LogP contribution in [0.5, 0.6) is 0 Å². The fourth-order valence-electron chi connectivity index (χ4n) is 2.54. The maximum Gasteiger partial charge on any atom is 0.416 e. The summed E-state index contributed by atoms with van der Waals surface area (Å²) in [5.41, 5.74) is -0.168. The lowest BCUT2D eigenvalue weighted by Crippen LogP contribution is -2.28. The number of benzene rings is 2. The van der Waals surface area contributed by atoms with Gasteiger partial charge in [0.15, 0.2) is 0 Å². The molecule has 0 atom stereocenters. The van der Waals surface area contributed by atoms with E-state index in [0.717, 1.165) is 18.3 Å². The third-order valence-corrected chi connectivity index (χ3v) is 3.80. The standard InChI is InChI=1S/C18H14F3N3O2/c19-18(20,21)13-5-3-4-12(8-13)9-22-17(26)11-24-15-7-2-1-6-14(15)16(25)10-23-24/h1-8,10H,9,11H2,(H,22,26). The predicted octanol–water partition coefficient (Wildman–Crippen LogP) is 2.73. The average Bonchev–Trinajstić information content (AvgIpc) is 2.62. The summed E-state index contributed by atoms with van der Waals surface area (Å²) < 4.78 is 39.5. The van der Waals surface area contributed by atoms with Crippen molar-refractivity contribution in [1.29, 1.82) is 0 Å². The molecule has 3 rings (SSSR count). The highest BCUT2D eigenvalue weighted by molar-refractivity contribution is 5.81. The number of aromatic nitrogens is 2. The highest BCUT2D eigenvalue weighted by atomic mass is 19.4. The van der Waals surface area contributed by atoms with Crippen LogP contribution in [0.1, 0.15) is 11.1 Å². The molecule has 1 amide bonds. The zero-order valence-electron chi connectivity index (χ0n) is 13.5. The molecule has 0 aliphatic heterocycles. The number of carbonyl (C=O) groups excluding carboxylic acids is 1. The number of nitrogens with zero attached hydrogens (tertiary/aromatic N) is 2. The Hall–Kier alpha value is -3.16. The van der Waals surface area contributed by atoms with E-state index < -0.39 is 17.6 Å². The molecule has 0 bridgehead atoms. The molecule has 8 heteroatoms. The molecule has 3 aromatic rings. The number of nitrogens with one attached hydrogen (secondary N) is 1. The largest absolute Gasteiger partial charge is 0.416 e. The van der Waals surface area contributed by atoms with Crippen LogP contribution >= 0.6 is 0 Å². The number of fused-ring (bicyclic) bond motifs is 1. The molecule has 2 aromatic carbocycles. The van der Waals surface area contributed by atoms with Gasteiger partial charge in [-0.3, -0.25) is 14.3 Å². The van der Waals surface area contributed by atoms with Crippen molar-refractivity contribution < 1.29 is 18.0 Å². The van der Waals surface area contributed by atoms with Gasteiger partial charge in [0.1, 0.15) is 6.54 Å². The van der Waals surface area contributed by atoms with Crippen molar-refractivity contribution in [3.8, 4) is 0 Å². The van der Waals surface area contributed by atoms with Crippen LogP contribution in [0.2, 0.25) is 0 Å². The van der Waals surface area contributed by atoms with Gasteiger partial charge in [0.25, 0.3) is 0 Å². The molecule has 5 nitrogen and oxygen atoms in total. The van der Waals surface area contributed by atoms with Crippen LogP contribution in [0.4, 0.5) is 13.2 Å². The molecule has 1 aromatic heterocycles. The first-order valence-corrected chi connectivity index (χ1v) is 7.72. The lowest BCUT2D eigenvalue weighted by Gasteiger charge is -2.11. The minimum atomic E-state index is -4.43. The van der Waals surface area contributed by atoms with E-state index in [0.29, 0.717) is 16.5 Å². The minimum absolute atomic E-state index is 0.0408. The van der Waals surface area contributed by atoms with Gasteiger partial charge >= 0.3 is 6.18 Å². The summed E-state index contributed by atoms with van der Waals surface area (Å²) in [6.07, 6.45) is -3.30. The second-order valence-corrected chi connectivity index (χ2v) is 5.66. The first-order valence-electron chi connectivity index (χ1n) is 7.72. The molecule has 26 heavy (non-hydrogen) atoms. The summed E-state index contributed by atoms with van der Waals surface area (Å²) in [6, 6.07) is 11.5. The van der Waals surface area contributed by atoms with Gasteiger partial charge in [-0.2, -0.15) is 18.3 Å². The van der Waals surface area contributed by atoms with E-state index >= 15 is 0 Å². The maximum absolute atomic E-state index is 12.7. The number of amides is 1. The van der Waals surface area contributed by atoms with E-state index in [-0.39, 0.29) is 18.5 Å². The van der Waals surface area contributed by atoms with Gasteiger partial charge in [0.2, 0.25) is 11.3 Å². The fourth-order valence-corrected chi connectivity index (χ4v) is 2.54. The molecule has 0 fully saturated rings. The van der Waals surface area contributed by atoms with Gasteiger partial charge in [0.05, 0.1) is 17.3 Å². The molecule has 0 saturated heterocycles. The molecule has 0 radical (unpaired) electrons. The zero-order chi connectivity index (χ0) is 18.7. The predicted molar refractivity (Wildman–Crippen MR) is 89.3 cm³/mol. The van der Waals surface area contributed by atoms with E-state index in [1.165, 1.54) is 16.8 Å². The van der Waals surface area contributed by atoms with Crippen LogP contribution in [0.15, 0.2) is 59.5 Å². The number of halogens is 3. The zero-order valence-corrected chi connectivity index (χ0v) is 13.5. The Balaban J connectivity index is 1.71. The van der Waals surface area contributed by atoms with Crippen molar-refractivity contribution in [2.45, 2.75) is 19.3 Å². The SMILES string of the molecule is O=C(Cn1ncc(=O)c2ccccc21)NCc1cccc(C(F)(F)F)c1. The Morgan fingerprint density at radius 1 is 1.12 bits per heavy atom. The highest BCUT2D eigenvalue weighted by Crippen LogP contribution is 2.29. The number of hydrogen-bond donors (Lipinski definition) is 1. The van der Waals surface area contributed by atoms with Crippen molar-refractivity contribution in [3.05, 3.63) is 76.1 Å². The van der Waals surface area contributed by atoms with Crippen molar-refractivity contribution in [1.82, 2.24) is 15.1 Å². The lowest BCUT2D eigenvalue weighted by molar-refractivity contribution is -0.137. The summed E-state index contributed by atoms with van der Waals surface area (Å²) in [4.78, 5) is 23.9. The summed E-state index contributed by atoms with van der Waals surface area (Å²) in [6.45, 7) is -0.194. The molecule has 0 aliphatic carbocycles. The van der Waals surface area contributed by atoms with Gasteiger partial charge in [0, 0.05) is 11.9 Å². The molecule has 134 valence electrons. The molecule has 0 unspecified atom stereocenters. The van der Waals surface area contributed by atoms with Crippen molar-refractivity contribution >= 4 is 16.8 Å². The topological polar surface area (TPSA) is 64.0 Å². The maximum atomic E-state index is 12.7.